The minimum absolute atomic E-state index is 0.0225. The van der Waals surface area contributed by atoms with Crippen LogP contribution in [0.25, 0.3) is 0 Å². The van der Waals surface area contributed by atoms with Crippen molar-refractivity contribution < 1.29 is 19.0 Å². The normalized spacial score (nSPS) is 23.1. The van der Waals surface area contributed by atoms with E-state index in [1.54, 1.807) is 14.2 Å². The second-order valence-electron chi connectivity index (χ2n) is 4.87. The Morgan fingerprint density at radius 1 is 1.40 bits per heavy atom. The fraction of sp³-hybridized carbons (Fsp3) is 0.571. The number of likely N-dealkylation sites (tertiary alicyclic amines) is 1. The number of nitrogens with zero attached hydrogens (tertiary/aromatic N) is 1. The van der Waals surface area contributed by atoms with Crippen molar-refractivity contribution in [3.63, 3.8) is 0 Å². The van der Waals surface area contributed by atoms with Crippen molar-refractivity contribution >= 4 is 15.9 Å². The maximum atomic E-state index is 13.5. The minimum Gasteiger partial charge on any atom is -0.493 e. The molecule has 1 fully saturated rings. The zero-order valence-corrected chi connectivity index (χ0v) is 13.2. The summed E-state index contributed by atoms with van der Waals surface area (Å²) >= 11 is 3.51. The lowest BCUT2D eigenvalue weighted by molar-refractivity contribution is 0.153. The van der Waals surface area contributed by atoms with Crippen LogP contribution in [0.2, 0.25) is 0 Å². The van der Waals surface area contributed by atoms with Crippen LogP contribution in [0.1, 0.15) is 12.0 Å². The summed E-state index contributed by atoms with van der Waals surface area (Å²) < 4.78 is 24.8. The van der Waals surface area contributed by atoms with Crippen molar-refractivity contribution in [2.75, 3.05) is 27.4 Å². The third kappa shape index (κ3) is 3.07. The maximum Gasteiger partial charge on any atom is 0.175 e. The van der Waals surface area contributed by atoms with Crippen molar-refractivity contribution in [2.24, 2.45) is 0 Å². The Labute approximate surface area is 126 Å². The summed E-state index contributed by atoms with van der Waals surface area (Å²) in [6, 6.07) is 3.63. The Hall–Kier alpha value is -0.850. The molecule has 0 bridgehead atoms. The van der Waals surface area contributed by atoms with E-state index >= 15 is 0 Å². The molecule has 0 saturated carbocycles. The van der Waals surface area contributed by atoms with Gasteiger partial charge in [-0.3, -0.25) is 4.90 Å². The quantitative estimate of drug-likeness (QED) is 0.887. The van der Waals surface area contributed by atoms with E-state index in [1.807, 2.05) is 17.0 Å². The number of alkyl halides is 1. The highest BCUT2D eigenvalue weighted by molar-refractivity contribution is 9.10. The van der Waals surface area contributed by atoms with Gasteiger partial charge >= 0.3 is 0 Å². The van der Waals surface area contributed by atoms with Gasteiger partial charge in [0.05, 0.1) is 25.3 Å². The van der Waals surface area contributed by atoms with E-state index in [2.05, 4.69) is 15.9 Å². The first kappa shape index (κ1) is 15.5. The number of aliphatic hydroxyl groups excluding tert-OH is 1. The summed E-state index contributed by atoms with van der Waals surface area (Å²) in [6.45, 7) is 0.893. The summed E-state index contributed by atoms with van der Waals surface area (Å²) in [5.74, 6) is 1.27. The van der Waals surface area contributed by atoms with E-state index in [1.165, 1.54) is 0 Å². The molecule has 1 aliphatic heterocycles. The van der Waals surface area contributed by atoms with Crippen molar-refractivity contribution in [3.05, 3.63) is 22.2 Å². The van der Waals surface area contributed by atoms with Crippen molar-refractivity contribution in [2.45, 2.75) is 25.2 Å². The summed E-state index contributed by atoms with van der Waals surface area (Å²) in [5.41, 5.74) is 0.982. The predicted octanol–water partition coefficient (Wildman–Crippen LogP) is 2.37. The van der Waals surface area contributed by atoms with Crippen LogP contribution in [0.15, 0.2) is 16.6 Å². The molecular weight excluding hydrogens is 329 g/mol. The number of hydrogen-bond donors (Lipinski definition) is 1. The SMILES string of the molecule is COc1ccc(CN2C[C@@H](F)C[C@H]2CO)c(Br)c1OC. The molecule has 0 aliphatic carbocycles. The number of rotatable bonds is 5. The zero-order chi connectivity index (χ0) is 14.7. The molecule has 0 spiro atoms. The summed E-state index contributed by atoms with van der Waals surface area (Å²) in [4.78, 5) is 1.96. The van der Waals surface area contributed by atoms with Gasteiger partial charge in [0.25, 0.3) is 0 Å². The lowest BCUT2D eigenvalue weighted by Crippen LogP contribution is -2.31. The molecular formula is C14H19BrFNO3. The van der Waals surface area contributed by atoms with Crippen molar-refractivity contribution in [1.82, 2.24) is 4.90 Å². The number of hydrogen-bond acceptors (Lipinski definition) is 4. The average Bonchev–Trinajstić information content (AvgIpc) is 2.80. The smallest absolute Gasteiger partial charge is 0.175 e. The van der Waals surface area contributed by atoms with Gasteiger partial charge < -0.3 is 14.6 Å². The second-order valence-corrected chi connectivity index (χ2v) is 5.67. The van der Waals surface area contributed by atoms with Crippen LogP contribution in [0.4, 0.5) is 4.39 Å². The van der Waals surface area contributed by atoms with Gasteiger partial charge in [0.15, 0.2) is 11.5 Å². The molecule has 2 atom stereocenters. The molecule has 1 aromatic carbocycles. The highest BCUT2D eigenvalue weighted by Gasteiger charge is 2.32. The maximum absolute atomic E-state index is 13.5. The number of halogens is 2. The number of methoxy groups -OCH3 is 2. The van der Waals surface area contributed by atoms with E-state index < -0.39 is 6.17 Å². The van der Waals surface area contributed by atoms with Crippen LogP contribution < -0.4 is 9.47 Å². The molecule has 0 aromatic heterocycles. The largest absolute Gasteiger partial charge is 0.493 e. The first-order chi connectivity index (χ1) is 9.60. The number of benzene rings is 1. The van der Waals surface area contributed by atoms with Gasteiger partial charge in [-0.05, 0) is 34.0 Å². The highest BCUT2D eigenvalue weighted by atomic mass is 79.9. The molecule has 0 unspecified atom stereocenters. The first-order valence-corrected chi connectivity index (χ1v) is 7.28. The standard InChI is InChI=1S/C14H19BrFNO3/c1-19-12-4-3-9(13(15)14(12)20-2)6-17-7-10(16)5-11(17)8-18/h3-4,10-11,18H,5-8H2,1-2H3/t10-,11-/m0/s1. The molecule has 1 N–H and O–H groups in total. The monoisotopic (exact) mass is 347 g/mol. The zero-order valence-electron chi connectivity index (χ0n) is 11.6. The Bertz CT molecular complexity index is 472. The van der Waals surface area contributed by atoms with Crippen LogP contribution in [0.3, 0.4) is 0 Å². The number of aliphatic hydroxyl groups is 1. The molecule has 1 heterocycles. The van der Waals surface area contributed by atoms with E-state index in [4.69, 9.17) is 9.47 Å². The third-order valence-electron chi connectivity index (χ3n) is 3.63. The average molecular weight is 348 g/mol. The number of ether oxygens (including phenoxy) is 2. The van der Waals surface area contributed by atoms with Crippen molar-refractivity contribution in [3.8, 4) is 11.5 Å². The third-order valence-corrected chi connectivity index (χ3v) is 4.50. The minimum atomic E-state index is -0.869. The molecule has 20 heavy (non-hydrogen) atoms. The Morgan fingerprint density at radius 2 is 2.15 bits per heavy atom. The van der Waals surface area contributed by atoms with Gasteiger partial charge in [-0.1, -0.05) is 6.07 Å². The van der Waals surface area contributed by atoms with E-state index in [0.29, 0.717) is 31.0 Å². The van der Waals surface area contributed by atoms with Gasteiger partial charge in [0.2, 0.25) is 0 Å². The lowest BCUT2D eigenvalue weighted by atomic mass is 10.1. The molecule has 112 valence electrons. The lowest BCUT2D eigenvalue weighted by Gasteiger charge is -2.23. The van der Waals surface area contributed by atoms with E-state index in [0.717, 1.165) is 10.0 Å². The summed E-state index contributed by atoms with van der Waals surface area (Å²) in [5, 5.41) is 9.32. The van der Waals surface area contributed by atoms with Gasteiger partial charge in [0, 0.05) is 19.1 Å². The molecule has 1 aliphatic rings. The van der Waals surface area contributed by atoms with E-state index in [9.17, 15) is 9.50 Å². The Morgan fingerprint density at radius 3 is 2.75 bits per heavy atom. The molecule has 0 radical (unpaired) electrons. The van der Waals surface area contributed by atoms with Crippen LogP contribution in [-0.4, -0.2) is 49.6 Å². The molecule has 4 nitrogen and oxygen atoms in total. The van der Waals surface area contributed by atoms with Crippen LogP contribution in [-0.2, 0) is 6.54 Å². The first-order valence-electron chi connectivity index (χ1n) is 6.49. The van der Waals surface area contributed by atoms with Crippen molar-refractivity contribution in [1.29, 1.82) is 0 Å². The fourth-order valence-corrected chi connectivity index (χ4v) is 3.19. The molecule has 0 amide bonds. The molecule has 6 heteroatoms. The predicted molar refractivity (Wildman–Crippen MR) is 78.0 cm³/mol. The fourth-order valence-electron chi connectivity index (χ4n) is 2.58. The molecule has 1 saturated heterocycles. The molecule has 1 aromatic rings. The van der Waals surface area contributed by atoms with Gasteiger partial charge in [-0.25, -0.2) is 4.39 Å². The van der Waals surface area contributed by atoms with Gasteiger partial charge in [0.1, 0.15) is 6.17 Å². The van der Waals surface area contributed by atoms with Crippen LogP contribution in [0, 0.1) is 0 Å². The van der Waals surface area contributed by atoms with Crippen LogP contribution >= 0.6 is 15.9 Å². The van der Waals surface area contributed by atoms with E-state index in [-0.39, 0.29) is 12.6 Å². The summed E-state index contributed by atoms with van der Waals surface area (Å²) in [7, 11) is 3.16. The highest BCUT2D eigenvalue weighted by Crippen LogP contribution is 2.38. The Kier molecular flexibility index (Phi) is 5.23. The Balaban J connectivity index is 2.21. The molecule has 2 rings (SSSR count). The summed E-state index contributed by atoms with van der Waals surface area (Å²) in [6.07, 6.45) is -0.479. The topological polar surface area (TPSA) is 41.9 Å². The van der Waals surface area contributed by atoms with Gasteiger partial charge in [-0.2, -0.15) is 0 Å². The second kappa shape index (κ2) is 6.74. The van der Waals surface area contributed by atoms with Crippen LogP contribution in [0.5, 0.6) is 11.5 Å². The van der Waals surface area contributed by atoms with Gasteiger partial charge in [-0.15, -0.1) is 0 Å².